The summed E-state index contributed by atoms with van der Waals surface area (Å²) in [6.07, 6.45) is 6.84. The van der Waals surface area contributed by atoms with Gasteiger partial charge in [0.1, 0.15) is 0 Å². The summed E-state index contributed by atoms with van der Waals surface area (Å²) in [5, 5.41) is -0.0460. The monoisotopic (exact) mass is 232 g/mol. The van der Waals surface area contributed by atoms with Gasteiger partial charge in [0.2, 0.25) is 0 Å². The van der Waals surface area contributed by atoms with Crippen molar-refractivity contribution in [1.82, 2.24) is 0 Å². The fourth-order valence-electron chi connectivity index (χ4n) is 1.52. The van der Waals surface area contributed by atoms with Crippen LogP contribution in [0.2, 0.25) is 19.6 Å². The molecule has 0 aliphatic carbocycles. The lowest BCUT2D eigenvalue weighted by atomic mass is 9.93. The van der Waals surface area contributed by atoms with Crippen LogP contribution in [0, 0.1) is 12.3 Å². The molecule has 0 aromatic rings. The molecule has 0 bridgehead atoms. The van der Waals surface area contributed by atoms with E-state index in [0.717, 1.165) is 6.42 Å². The molecule has 0 saturated carbocycles. The second kappa shape index (κ2) is 5.20. The number of rotatable bonds is 5. The highest BCUT2D eigenvalue weighted by Gasteiger charge is 2.37. The van der Waals surface area contributed by atoms with Crippen molar-refractivity contribution in [2.75, 3.05) is 0 Å². The van der Waals surface area contributed by atoms with E-state index in [0.29, 0.717) is 6.42 Å². The van der Waals surface area contributed by atoms with Gasteiger partial charge < -0.3 is 4.43 Å². The first kappa shape index (κ1) is 14.0. The van der Waals surface area contributed by atoms with Gasteiger partial charge in [0.05, 0.1) is 11.0 Å². The van der Waals surface area contributed by atoms with Crippen molar-refractivity contribution in [3.63, 3.8) is 0 Å². The molecule has 0 saturated heterocycles. The second-order valence-corrected chi connectivity index (χ2v) is 9.71. The van der Waals surface area contributed by atoms with Crippen LogP contribution in [-0.2, 0) is 4.43 Å². The Morgan fingerprint density at radius 3 is 2.21 bits per heavy atom. The van der Waals surface area contributed by atoms with Gasteiger partial charge in [-0.05, 0) is 33.0 Å². The number of hydrogen-bond donors (Lipinski definition) is 0. The highest BCUT2D eigenvalue weighted by Crippen LogP contribution is 2.31. The third-order valence-electron chi connectivity index (χ3n) is 2.23. The van der Waals surface area contributed by atoms with E-state index in [9.17, 15) is 0 Å². The fourth-order valence-corrected chi connectivity index (χ4v) is 3.48. The van der Waals surface area contributed by atoms with Crippen LogP contribution in [0.3, 0.4) is 0 Å². The van der Waals surface area contributed by atoms with E-state index >= 15 is 0 Å². The van der Waals surface area contributed by atoms with E-state index in [4.69, 9.17) is 22.5 Å². The lowest BCUT2D eigenvalue weighted by molar-refractivity contribution is 0.0612. The van der Waals surface area contributed by atoms with Crippen molar-refractivity contribution in [3.05, 3.63) is 0 Å². The van der Waals surface area contributed by atoms with Gasteiger partial charge in [0.25, 0.3) is 0 Å². The van der Waals surface area contributed by atoms with Crippen molar-refractivity contribution in [3.8, 4) is 12.3 Å². The summed E-state index contributed by atoms with van der Waals surface area (Å²) >= 11 is 6.19. The molecule has 0 aliphatic rings. The maximum Gasteiger partial charge on any atom is 0.184 e. The Labute approximate surface area is 94.3 Å². The average Bonchev–Trinajstić information content (AvgIpc) is 2.00. The molecule has 2 atom stereocenters. The Morgan fingerprint density at radius 1 is 1.50 bits per heavy atom. The van der Waals surface area contributed by atoms with Gasteiger partial charge >= 0.3 is 0 Å². The van der Waals surface area contributed by atoms with Crippen molar-refractivity contribution in [1.29, 1.82) is 0 Å². The average molecular weight is 233 g/mol. The summed E-state index contributed by atoms with van der Waals surface area (Å²) in [5.41, 5.74) is -0.333. The SMILES string of the molecule is C#CCC(CC)(O[Si](C)(C)C)C(C)Cl. The summed E-state index contributed by atoms with van der Waals surface area (Å²) in [7, 11) is -1.59. The van der Waals surface area contributed by atoms with Crippen molar-refractivity contribution < 1.29 is 4.43 Å². The standard InChI is InChI=1S/C11H21ClOSi/c1-7-9-11(8-2,10(3)12)13-14(4,5)6/h1,10H,8-9H2,2-6H3. The van der Waals surface area contributed by atoms with Crippen LogP contribution < -0.4 is 0 Å². The van der Waals surface area contributed by atoms with Gasteiger partial charge in [0.15, 0.2) is 8.32 Å². The van der Waals surface area contributed by atoms with Gasteiger partial charge in [-0.15, -0.1) is 23.9 Å². The first-order valence-electron chi connectivity index (χ1n) is 5.05. The first-order valence-corrected chi connectivity index (χ1v) is 8.89. The Bertz CT molecular complexity index is 214. The van der Waals surface area contributed by atoms with Crippen LogP contribution in [0.4, 0.5) is 0 Å². The maximum absolute atomic E-state index is 6.19. The van der Waals surface area contributed by atoms with Gasteiger partial charge in [-0.3, -0.25) is 0 Å². The zero-order valence-corrected chi connectivity index (χ0v) is 11.6. The van der Waals surface area contributed by atoms with Gasteiger partial charge in [0, 0.05) is 6.42 Å². The molecule has 0 aromatic carbocycles. The summed E-state index contributed by atoms with van der Waals surface area (Å²) in [6.45, 7) is 10.5. The minimum Gasteiger partial charge on any atom is -0.410 e. The number of terminal acetylenes is 1. The molecule has 0 N–H and O–H groups in total. The zero-order valence-electron chi connectivity index (χ0n) is 9.86. The van der Waals surface area contributed by atoms with Crippen molar-refractivity contribution in [2.24, 2.45) is 0 Å². The van der Waals surface area contributed by atoms with Gasteiger partial charge in [-0.1, -0.05) is 6.92 Å². The lowest BCUT2D eigenvalue weighted by Gasteiger charge is -2.39. The van der Waals surface area contributed by atoms with E-state index in [1.807, 2.05) is 6.92 Å². The molecule has 0 amide bonds. The third-order valence-corrected chi connectivity index (χ3v) is 3.65. The van der Waals surface area contributed by atoms with Crippen molar-refractivity contribution >= 4 is 19.9 Å². The molecule has 3 heteroatoms. The molecular formula is C11H21ClOSi. The van der Waals surface area contributed by atoms with E-state index < -0.39 is 8.32 Å². The first-order chi connectivity index (χ1) is 6.27. The van der Waals surface area contributed by atoms with Crippen LogP contribution in [-0.4, -0.2) is 19.3 Å². The molecule has 0 fully saturated rings. The smallest absolute Gasteiger partial charge is 0.184 e. The molecule has 0 aromatic heterocycles. The Hall–Kier alpha value is 0.0269. The van der Waals surface area contributed by atoms with Crippen molar-refractivity contribution in [2.45, 2.75) is 57.3 Å². The topological polar surface area (TPSA) is 9.23 Å². The Kier molecular flexibility index (Phi) is 5.21. The molecule has 1 nitrogen and oxygen atoms in total. The molecule has 2 unspecified atom stereocenters. The molecule has 0 radical (unpaired) electrons. The van der Waals surface area contributed by atoms with E-state index in [1.54, 1.807) is 0 Å². The predicted molar refractivity (Wildman–Crippen MR) is 66.2 cm³/mol. The largest absolute Gasteiger partial charge is 0.410 e. The minimum absolute atomic E-state index is 0.0460. The highest BCUT2D eigenvalue weighted by molar-refractivity contribution is 6.69. The Balaban J connectivity index is 4.78. The minimum atomic E-state index is -1.59. The quantitative estimate of drug-likeness (QED) is 0.400. The molecule has 0 rings (SSSR count). The van der Waals surface area contributed by atoms with E-state index in [1.165, 1.54) is 0 Å². The normalized spacial score (nSPS) is 18.4. The van der Waals surface area contributed by atoms with Crippen LogP contribution in [0.5, 0.6) is 0 Å². The molecule has 0 aliphatic heterocycles. The fraction of sp³-hybridized carbons (Fsp3) is 0.818. The van der Waals surface area contributed by atoms with Crippen LogP contribution in [0.15, 0.2) is 0 Å². The zero-order chi connectivity index (χ0) is 11.4. The summed E-state index contributed by atoms with van der Waals surface area (Å²) in [5.74, 6) is 2.68. The molecule has 0 heterocycles. The third kappa shape index (κ3) is 4.04. The number of alkyl halides is 1. The highest BCUT2D eigenvalue weighted by atomic mass is 35.5. The van der Waals surface area contributed by atoms with Crippen LogP contribution in [0.1, 0.15) is 26.7 Å². The number of halogens is 1. The second-order valence-electron chi connectivity index (χ2n) is 4.63. The molecule has 82 valence electrons. The molecule has 14 heavy (non-hydrogen) atoms. The molecule has 0 spiro atoms. The predicted octanol–water partition coefficient (Wildman–Crippen LogP) is 3.64. The van der Waals surface area contributed by atoms with Crippen LogP contribution >= 0.6 is 11.6 Å². The maximum atomic E-state index is 6.19. The van der Waals surface area contributed by atoms with E-state index in [-0.39, 0.29) is 11.0 Å². The summed E-state index contributed by atoms with van der Waals surface area (Å²) in [6, 6.07) is 0. The Morgan fingerprint density at radius 2 is 2.00 bits per heavy atom. The summed E-state index contributed by atoms with van der Waals surface area (Å²) in [4.78, 5) is 0. The van der Waals surface area contributed by atoms with E-state index in [2.05, 4.69) is 32.5 Å². The van der Waals surface area contributed by atoms with Gasteiger partial charge in [-0.2, -0.15) is 0 Å². The number of hydrogen-bond acceptors (Lipinski definition) is 1. The summed E-state index contributed by atoms with van der Waals surface area (Å²) < 4.78 is 6.14. The van der Waals surface area contributed by atoms with Gasteiger partial charge in [-0.25, -0.2) is 0 Å². The molecular weight excluding hydrogens is 212 g/mol. The van der Waals surface area contributed by atoms with Crippen LogP contribution in [0.25, 0.3) is 0 Å². The lowest BCUT2D eigenvalue weighted by Crippen LogP contribution is -2.47.